The number of benzene rings is 1. The van der Waals surface area contributed by atoms with Crippen LogP contribution in [0.5, 0.6) is 0 Å². The number of rotatable bonds is 6. The van der Waals surface area contributed by atoms with Crippen molar-refractivity contribution in [2.24, 2.45) is 0 Å². The number of furan rings is 1. The Kier molecular flexibility index (Phi) is 5.67. The van der Waals surface area contributed by atoms with Crippen LogP contribution in [0.15, 0.2) is 45.3 Å². The van der Waals surface area contributed by atoms with Crippen LogP contribution in [0.3, 0.4) is 0 Å². The first-order valence-corrected chi connectivity index (χ1v) is 8.68. The van der Waals surface area contributed by atoms with Crippen LogP contribution >= 0.6 is 15.9 Å². The molecule has 4 nitrogen and oxygen atoms in total. The fraction of sp³-hybridized carbons (Fsp3) is 0.412. The lowest BCUT2D eigenvalue weighted by Crippen LogP contribution is -3.16. The maximum Gasteiger partial charge on any atom is 0.158 e. The molecule has 0 aliphatic carbocycles. The van der Waals surface area contributed by atoms with E-state index in [-0.39, 0.29) is 0 Å². The Morgan fingerprint density at radius 1 is 1.05 bits per heavy atom. The molecule has 3 rings (SSSR count). The predicted molar refractivity (Wildman–Crippen MR) is 88.7 cm³/mol. The van der Waals surface area contributed by atoms with Gasteiger partial charge in [0.2, 0.25) is 0 Å². The number of hydrogen-bond donors (Lipinski definition) is 2. The summed E-state index contributed by atoms with van der Waals surface area (Å²) in [7, 11) is 0. The zero-order valence-electron chi connectivity index (χ0n) is 12.7. The van der Waals surface area contributed by atoms with Crippen molar-refractivity contribution in [2.75, 3.05) is 39.4 Å². The molecule has 1 aliphatic rings. The van der Waals surface area contributed by atoms with E-state index < -0.39 is 0 Å². The van der Waals surface area contributed by atoms with Crippen molar-refractivity contribution in [1.29, 1.82) is 0 Å². The van der Waals surface area contributed by atoms with E-state index in [0.29, 0.717) is 0 Å². The number of ether oxygens (including phenoxy) is 1. The SMILES string of the molecule is Brc1ccc(-c2ccc(C[NH2+]CC[NH+]3CCOCC3)o2)cc1. The van der Waals surface area contributed by atoms with Crippen molar-refractivity contribution in [3.05, 3.63) is 46.6 Å². The standard InChI is InChI=1S/C17H21BrN2O2/c18-15-3-1-14(2-4-15)17-6-5-16(22-17)13-19-7-8-20-9-11-21-12-10-20/h1-6,19H,7-13H2/p+2. The van der Waals surface area contributed by atoms with Gasteiger partial charge in [-0.3, -0.25) is 0 Å². The molecule has 0 radical (unpaired) electrons. The van der Waals surface area contributed by atoms with Crippen molar-refractivity contribution in [1.82, 2.24) is 0 Å². The van der Waals surface area contributed by atoms with E-state index in [0.717, 1.165) is 60.9 Å². The number of nitrogens with two attached hydrogens (primary N) is 1. The van der Waals surface area contributed by atoms with Gasteiger partial charge in [-0.25, -0.2) is 0 Å². The second-order valence-corrected chi connectivity index (χ2v) is 6.58. The molecule has 1 aromatic heterocycles. The van der Waals surface area contributed by atoms with Crippen molar-refractivity contribution in [3.63, 3.8) is 0 Å². The quantitative estimate of drug-likeness (QED) is 0.738. The summed E-state index contributed by atoms with van der Waals surface area (Å²) in [5.41, 5.74) is 1.12. The highest BCUT2D eigenvalue weighted by Gasteiger charge is 2.14. The van der Waals surface area contributed by atoms with Gasteiger partial charge in [-0.2, -0.15) is 0 Å². The largest absolute Gasteiger partial charge is 0.455 e. The maximum absolute atomic E-state index is 5.93. The Morgan fingerprint density at radius 2 is 1.82 bits per heavy atom. The molecule has 0 spiro atoms. The molecule has 1 saturated heterocycles. The average Bonchev–Trinajstić information content (AvgIpc) is 3.02. The molecule has 2 heterocycles. The first-order chi connectivity index (χ1) is 10.8. The fourth-order valence-corrected chi connectivity index (χ4v) is 2.98. The van der Waals surface area contributed by atoms with Gasteiger partial charge in [-0.05, 0) is 24.3 Å². The third-order valence-corrected chi connectivity index (χ3v) is 4.57. The maximum atomic E-state index is 5.93. The Balaban J connectivity index is 1.44. The number of hydrogen-bond acceptors (Lipinski definition) is 2. The van der Waals surface area contributed by atoms with Gasteiger partial charge in [-0.1, -0.05) is 28.1 Å². The van der Waals surface area contributed by atoms with Crippen LogP contribution < -0.4 is 10.2 Å². The lowest BCUT2D eigenvalue weighted by atomic mass is 10.2. The number of morpholine rings is 1. The molecular formula is C17H23BrN2O2+2. The molecular weight excluding hydrogens is 344 g/mol. The van der Waals surface area contributed by atoms with E-state index >= 15 is 0 Å². The molecule has 0 amide bonds. The van der Waals surface area contributed by atoms with Crippen molar-refractivity contribution in [2.45, 2.75) is 6.54 Å². The summed E-state index contributed by atoms with van der Waals surface area (Å²) in [5, 5.41) is 2.33. The van der Waals surface area contributed by atoms with Crippen LogP contribution in [0.2, 0.25) is 0 Å². The van der Waals surface area contributed by atoms with E-state index in [2.05, 4.69) is 45.5 Å². The summed E-state index contributed by atoms with van der Waals surface area (Å²) in [5.74, 6) is 1.98. The fourth-order valence-electron chi connectivity index (χ4n) is 2.72. The molecule has 0 saturated carbocycles. The topological polar surface area (TPSA) is 43.4 Å². The van der Waals surface area contributed by atoms with Gasteiger partial charge in [0, 0.05) is 10.0 Å². The van der Waals surface area contributed by atoms with Crippen molar-refractivity contribution >= 4 is 15.9 Å². The van der Waals surface area contributed by atoms with E-state index in [1.807, 2.05) is 12.1 Å². The van der Waals surface area contributed by atoms with Gasteiger partial charge in [0.1, 0.15) is 38.5 Å². The van der Waals surface area contributed by atoms with Crippen molar-refractivity contribution in [3.8, 4) is 11.3 Å². The van der Waals surface area contributed by atoms with E-state index in [9.17, 15) is 0 Å². The van der Waals surface area contributed by atoms with E-state index in [1.165, 1.54) is 6.54 Å². The van der Waals surface area contributed by atoms with E-state index in [4.69, 9.17) is 9.15 Å². The van der Waals surface area contributed by atoms with Gasteiger partial charge in [0.15, 0.2) is 5.76 Å². The van der Waals surface area contributed by atoms with Gasteiger partial charge in [0.25, 0.3) is 0 Å². The number of quaternary nitrogens is 2. The summed E-state index contributed by atoms with van der Waals surface area (Å²) in [6.45, 7) is 7.33. The van der Waals surface area contributed by atoms with Gasteiger partial charge < -0.3 is 19.4 Å². The first-order valence-electron chi connectivity index (χ1n) is 7.89. The third-order valence-electron chi connectivity index (χ3n) is 4.04. The predicted octanol–water partition coefficient (Wildman–Crippen LogP) is 0.688. The molecule has 1 fully saturated rings. The normalized spacial score (nSPS) is 16.0. The van der Waals surface area contributed by atoms with Crippen LogP contribution in [0, 0.1) is 0 Å². The summed E-state index contributed by atoms with van der Waals surface area (Å²) in [6, 6.07) is 12.3. The average molecular weight is 367 g/mol. The minimum Gasteiger partial charge on any atom is -0.455 e. The monoisotopic (exact) mass is 366 g/mol. The Labute approximate surface area is 139 Å². The third kappa shape index (κ3) is 4.43. The number of nitrogens with one attached hydrogen (secondary N) is 1. The lowest BCUT2D eigenvalue weighted by molar-refractivity contribution is -0.920. The van der Waals surface area contributed by atoms with Crippen LogP contribution in [0.4, 0.5) is 0 Å². The molecule has 22 heavy (non-hydrogen) atoms. The summed E-state index contributed by atoms with van der Waals surface area (Å²) >= 11 is 3.45. The van der Waals surface area contributed by atoms with Crippen LogP contribution in [-0.2, 0) is 11.3 Å². The second kappa shape index (κ2) is 7.92. The van der Waals surface area contributed by atoms with Gasteiger partial charge in [0.05, 0.1) is 13.2 Å². The molecule has 0 atom stereocenters. The summed E-state index contributed by atoms with van der Waals surface area (Å²) < 4.78 is 12.4. The molecule has 0 bridgehead atoms. The lowest BCUT2D eigenvalue weighted by Gasteiger charge is -2.22. The first kappa shape index (κ1) is 15.7. The summed E-state index contributed by atoms with van der Waals surface area (Å²) in [4.78, 5) is 1.65. The molecule has 3 N–H and O–H groups in total. The van der Waals surface area contributed by atoms with Crippen LogP contribution in [0.1, 0.15) is 5.76 Å². The Bertz CT molecular complexity index is 577. The molecule has 1 aromatic carbocycles. The Morgan fingerprint density at radius 3 is 2.59 bits per heavy atom. The zero-order chi connectivity index (χ0) is 15.2. The highest BCUT2D eigenvalue weighted by atomic mass is 79.9. The molecule has 5 heteroatoms. The molecule has 118 valence electrons. The van der Waals surface area contributed by atoms with Gasteiger partial charge >= 0.3 is 0 Å². The minimum atomic E-state index is 0.903. The highest BCUT2D eigenvalue weighted by molar-refractivity contribution is 9.10. The number of halogens is 1. The molecule has 1 aliphatic heterocycles. The van der Waals surface area contributed by atoms with Crippen LogP contribution in [0.25, 0.3) is 11.3 Å². The zero-order valence-corrected chi connectivity index (χ0v) is 14.3. The van der Waals surface area contributed by atoms with Crippen LogP contribution in [-0.4, -0.2) is 39.4 Å². The minimum absolute atomic E-state index is 0.903. The second-order valence-electron chi connectivity index (χ2n) is 5.67. The summed E-state index contributed by atoms with van der Waals surface area (Å²) in [6.07, 6.45) is 0. The molecule has 2 aromatic rings. The van der Waals surface area contributed by atoms with Gasteiger partial charge in [-0.15, -0.1) is 0 Å². The Hall–Kier alpha value is -1.14. The van der Waals surface area contributed by atoms with E-state index in [1.54, 1.807) is 4.90 Å². The molecule has 0 unspecified atom stereocenters. The smallest absolute Gasteiger partial charge is 0.158 e. The highest BCUT2D eigenvalue weighted by Crippen LogP contribution is 2.23. The van der Waals surface area contributed by atoms with Crippen molar-refractivity contribution < 1.29 is 19.4 Å².